The van der Waals surface area contributed by atoms with Crippen LogP contribution in [0.4, 0.5) is 0 Å². The minimum atomic E-state index is -0.738. The number of thioether (sulfide) groups is 1. The number of nitrogens with two attached hydrogens (primary N) is 1. The maximum Gasteiger partial charge on any atom is 0.257 e. The number of pyridine rings is 1. The number of hydrogen-bond donors (Lipinski definition) is 2. The summed E-state index contributed by atoms with van der Waals surface area (Å²) in [5, 5.41) is 2.52. The van der Waals surface area contributed by atoms with Gasteiger partial charge < -0.3 is 15.8 Å². The van der Waals surface area contributed by atoms with Gasteiger partial charge >= 0.3 is 0 Å². The van der Waals surface area contributed by atoms with Gasteiger partial charge in [-0.15, -0.1) is 0 Å². The fourth-order valence-electron chi connectivity index (χ4n) is 1.77. The quantitative estimate of drug-likeness (QED) is 0.828. The summed E-state index contributed by atoms with van der Waals surface area (Å²) in [6.07, 6.45) is 2.60. The second-order valence-electron chi connectivity index (χ2n) is 4.56. The zero-order valence-electron chi connectivity index (χ0n) is 11.2. The maximum atomic E-state index is 12.1. The molecule has 2 amide bonds. The third-order valence-corrected chi connectivity index (χ3v) is 4.09. The van der Waals surface area contributed by atoms with E-state index in [2.05, 4.69) is 10.3 Å². The number of primary amides is 1. The van der Waals surface area contributed by atoms with E-state index in [0.717, 1.165) is 17.9 Å². The van der Waals surface area contributed by atoms with Crippen LogP contribution in [0.5, 0.6) is 5.88 Å². The predicted molar refractivity (Wildman–Crippen MR) is 76.7 cm³/mol. The van der Waals surface area contributed by atoms with Crippen molar-refractivity contribution in [1.29, 1.82) is 0 Å². The number of rotatable bonds is 5. The molecule has 6 nitrogen and oxygen atoms in total. The van der Waals surface area contributed by atoms with Crippen molar-refractivity contribution in [3.05, 3.63) is 23.9 Å². The molecule has 20 heavy (non-hydrogen) atoms. The summed E-state index contributed by atoms with van der Waals surface area (Å²) >= 11 is 1.82. The molecule has 0 spiro atoms. The SMILES string of the molecule is CC(NC(=O)c1cccnc1OC1CCSC1)C(N)=O. The number of hydrogen-bond acceptors (Lipinski definition) is 5. The molecule has 0 aromatic carbocycles. The first-order chi connectivity index (χ1) is 9.58. The fourth-order valence-corrected chi connectivity index (χ4v) is 2.86. The van der Waals surface area contributed by atoms with Crippen LogP contribution >= 0.6 is 11.8 Å². The highest BCUT2D eigenvalue weighted by molar-refractivity contribution is 7.99. The van der Waals surface area contributed by atoms with E-state index in [9.17, 15) is 9.59 Å². The molecule has 0 bridgehead atoms. The molecule has 2 heterocycles. The van der Waals surface area contributed by atoms with Gasteiger partial charge in [-0.3, -0.25) is 9.59 Å². The summed E-state index contributed by atoms with van der Waals surface area (Å²) in [7, 11) is 0. The molecule has 1 aromatic rings. The molecule has 1 saturated heterocycles. The molecule has 3 N–H and O–H groups in total. The Hall–Kier alpha value is -1.76. The molecule has 0 radical (unpaired) electrons. The van der Waals surface area contributed by atoms with Gasteiger partial charge in [0.15, 0.2) is 0 Å². The first-order valence-corrected chi connectivity index (χ1v) is 7.53. The van der Waals surface area contributed by atoms with Crippen LogP contribution in [0.3, 0.4) is 0 Å². The lowest BCUT2D eigenvalue weighted by Crippen LogP contribution is -2.42. The molecule has 2 atom stereocenters. The molecule has 7 heteroatoms. The van der Waals surface area contributed by atoms with Crippen LogP contribution in [0.2, 0.25) is 0 Å². The Morgan fingerprint density at radius 2 is 2.40 bits per heavy atom. The zero-order valence-corrected chi connectivity index (χ0v) is 12.0. The lowest BCUT2D eigenvalue weighted by molar-refractivity contribution is -0.119. The zero-order chi connectivity index (χ0) is 14.5. The van der Waals surface area contributed by atoms with Crippen LogP contribution in [0.25, 0.3) is 0 Å². The number of nitrogens with zero attached hydrogens (tertiary/aromatic N) is 1. The van der Waals surface area contributed by atoms with Crippen molar-refractivity contribution in [2.24, 2.45) is 5.73 Å². The normalized spacial score (nSPS) is 19.4. The summed E-state index contributed by atoms with van der Waals surface area (Å²) in [6.45, 7) is 1.53. The van der Waals surface area contributed by atoms with Gasteiger partial charge in [-0.1, -0.05) is 0 Å². The highest BCUT2D eigenvalue weighted by Gasteiger charge is 2.22. The molecular formula is C13H17N3O3S. The van der Waals surface area contributed by atoms with E-state index in [1.54, 1.807) is 18.3 Å². The Morgan fingerprint density at radius 1 is 1.60 bits per heavy atom. The van der Waals surface area contributed by atoms with Crippen LogP contribution in [0, 0.1) is 0 Å². The molecule has 1 aliphatic rings. The number of carbonyl (C=O) groups excluding carboxylic acids is 2. The standard InChI is InChI=1S/C13H17N3O3S/c1-8(11(14)17)16-12(18)10-3-2-5-15-13(10)19-9-4-6-20-7-9/h2-3,5,8-9H,4,6-7H2,1H3,(H2,14,17)(H,16,18). The maximum absolute atomic E-state index is 12.1. The average molecular weight is 295 g/mol. The van der Waals surface area contributed by atoms with E-state index in [-0.39, 0.29) is 6.10 Å². The van der Waals surface area contributed by atoms with E-state index in [0.29, 0.717) is 11.4 Å². The number of ether oxygens (including phenoxy) is 1. The van der Waals surface area contributed by atoms with E-state index in [1.165, 1.54) is 6.92 Å². The Morgan fingerprint density at radius 3 is 3.05 bits per heavy atom. The Bertz CT molecular complexity index is 503. The third kappa shape index (κ3) is 3.63. The monoisotopic (exact) mass is 295 g/mol. The van der Waals surface area contributed by atoms with Gasteiger partial charge in [0, 0.05) is 11.9 Å². The second-order valence-corrected chi connectivity index (χ2v) is 5.71. The molecule has 1 fully saturated rings. The van der Waals surface area contributed by atoms with Crippen molar-refractivity contribution in [3.8, 4) is 5.88 Å². The van der Waals surface area contributed by atoms with Crippen LogP contribution in [-0.2, 0) is 4.79 Å². The fraction of sp³-hybridized carbons (Fsp3) is 0.462. The minimum absolute atomic E-state index is 0.0787. The van der Waals surface area contributed by atoms with Gasteiger partial charge in [0.25, 0.3) is 5.91 Å². The van der Waals surface area contributed by atoms with Gasteiger partial charge in [0.2, 0.25) is 11.8 Å². The number of carbonyl (C=O) groups is 2. The summed E-state index contributed by atoms with van der Waals surface area (Å²) in [6, 6.07) is 2.53. The molecule has 1 aromatic heterocycles. The highest BCUT2D eigenvalue weighted by atomic mass is 32.2. The lowest BCUT2D eigenvalue weighted by Gasteiger charge is -2.15. The summed E-state index contributed by atoms with van der Waals surface area (Å²) in [4.78, 5) is 27.2. The molecule has 108 valence electrons. The minimum Gasteiger partial charge on any atom is -0.473 e. The first kappa shape index (κ1) is 14.6. The summed E-state index contributed by atoms with van der Waals surface area (Å²) < 4.78 is 5.76. The lowest BCUT2D eigenvalue weighted by atomic mass is 10.2. The van der Waals surface area contributed by atoms with Crippen molar-refractivity contribution in [1.82, 2.24) is 10.3 Å². The topological polar surface area (TPSA) is 94.3 Å². The molecule has 0 saturated carbocycles. The first-order valence-electron chi connectivity index (χ1n) is 6.37. The Kier molecular flexibility index (Phi) is 4.84. The second kappa shape index (κ2) is 6.60. The van der Waals surface area contributed by atoms with Gasteiger partial charge in [-0.2, -0.15) is 11.8 Å². The van der Waals surface area contributed by atoms with Crippen LogP contribution in [-0.4, -0.2) is 40.4 Å². The highest BCUT2D eigenvalue weighted by Crippen LogP contribution is 2.24. The molecular weight excluding hydrogens is 278 g/mol. The third-order valence-electron chi connectivity index (χ3n) is 2.96. The molecule has 2 rings (SSSR count). The van der Waals surface area contributed by atoms with E-state index < -0.39 is 17.9 Å². The predicted octanol–water partition coefficient (Wildman–Crippen LogP) is 0.570. The van der Waals surface area contributed by atoms with Gasteiger partial charge in [0.05, 0.1) is 0 Å². The largest absolute Gasteiger partial charge is 0.473 e. The Balaban J connectivity index is 2.10. The number of amides is 2. The van der Waals surface area contributed by atoms with Crippen molar-refractivity contribution in [2.75, 3.05) is 11.5 Å². The average Bonchev–Trinajstić information content (AvgIpc) is 2.92. The molecule has 1 aliphatic heterocycles. The van der Waals surface area contributed by atoms with Gasteiger partial charge in [0.1, 0.15) is 17.7 Å². The molecule has 0 aliphatic carbocycles. The summed E-state index contributed by atoms with van der Waals surface area (Å²) in [5.74, 6) is 1.25. The van der Waals surface area contributed by atoms with Gasteiger partial charge in [-0.05, 0) is 31.2 Å². The van der Waals surface area contributed by atoms with Crippen LogP contribution in [0.1, 0.15) is 23.7 Å². The van der Waals surface area contributed by atoms with Crippen LogP contribution in [0.15, 0.2) is 18.3 Å². The van der Waals surface area contributed by atoms with Crippen LogP contribution < -0.4 is 15.8 Å². The van der Waals surface area contributed by atoms with E-state index in [4.69, 9.17) is 10.5 Å². The summed E-state index contributed by atoms with van der Waals surface area (Å²) in [5.41, 5.74) is 5.45. The van der Waals surface area contributed by atoms with Crippen molar-refractivity contribution in [2.45, 2.75) is 25.5 Å². The molecule has 2 unspecified atom stereocenters. The van der Waals surface area contributed by atoms with E-state index >= 15 is 0 Å². The van der Waals surface area contributed by atoms with E-state index in [1.807, 2.05) is 11.8 Å². The van der Waals surface area contributed by atoms with Crippen molar-refractivity contribution in [3.63, 3.8) is 0 Å². The van der Waals surface area contributed by atoms with Crippen molar-refractivity contribution < 1.29 is 14.3 Å². The smallest absolute Gasteiger partial charge is 0.257 e. The number of aromatic nitrogens is 1. The number of nitrogens with one attached hydrogen (secondary N) is 1. The van der Waals surface area contributed by atoms with Gasteiger partial charge in [-0.25, -0.2) is 4.98 Å². The van der Waals surface area contributed by atoms with Crippen molar-refractivity contribution >= 4 is 23.6 Å². The Labute approximate surface area is 121 Å².